The summed E-state index contributed by atoms with van der Waals surface area (Å²) in [6, 6.07) is 20.0. The third kappa shape index (κ3) is 5.87. The lowest BCUT2D eigenvalue weighted by atomic mass is 10.1. The Kier molecular flexibility index (Phi) is 5.94. The molecule has 0 unspecified atom stereocenters. The molecule has 0 aliphatic heterocycles. The van der Waals surface area contributed by atoms with Crippen LogP contribution in [0.1, 0.15) is 32.8 Å². The molecule has 0 fully saturated rings. The van der Waals surface area contributed by atoms with Crippen molar-refractivity contribution in [2.75, 3.05) is 11.4 Å². The molecule has 2 rings (SSSR count). The molecular formula is C20H26N2O. The van der Waals surface area contributed by atoms with Crippen molar-refractivity contribution >= 4 is 11.6 Å². The number of carbonyl (C=O) groups is 1. The van der Waals surface area contributed by atoms with Crippen molar-refractivity contribution in [2.24, 2.45) is 0 Å². The maximum absolute atomic E-state index is 12.7. The van der Waals surface area contributed by atoms with Crippen LogP contribution in [-0.2, 0) is 11.3 Å². The number of hydrogen-bond acceptors (Lipinski definition) is 2. The summed E-state index contributed by atoms with van der Waals surface area (Å²) in [4.78, 5) is 14.6. The number of para-hydroxylation sites is 1. The first-order chi connectivity index (χ1) is 11.0. The molecule has 3 heteroatoms. The van der Waals surface area contributed by atoms with Crippen LogP contribution >= 0.6 is 0 Å². The van der Waals surface area contributed by atoms with Crippen molar-refractivity contribution in [3.05, 3.63) is 66.2 Å². The smallest absolute Gasteiger partial charge is 0.228 e. The van der Waals surface area contributed by atoms with Crippen LogP contribution < -0.4 is 10.2 Å². The number of carbonyl (C=O) groups excluding carboxylic acids is 1. The predicted octanol–water partition coefficient (Wildman–Crippen LogP) is 4.00. The maximum Gasteiger partial charge on any atom is 0.228 e. The van der Waals surface area contributed by atoms with E-state index in [-0.39, 0.29) is 11.4 Å². The zero-order valence-electron chi connectivity index (χ0n) is 14.3. The Morgan fingerprint density at radius 3 is 2.09 bits per heavy atom. The Bertz CT molecular complexity index is 603. The average Bonchev–Trinajstić information content (AvgIpc) is 2.53. The SMILES string of the molecule is CC(C)(C)NCCC(=O)N(Cc1ccccc1)c1ccccc1. The summed E-state index contributed by atoms with van der Waals surface area (Å²) in [7, 11) is 0. The number of hydrogen-bond donors (Lipinski definition) is 1. The molecule has 2 aromatic rings. The first kappa shape index (κ1) is 17.2. The fourth-order valence-electron chi connectivity index (χ4n) is 2.38. The van der Waals surface area contributed by atoms with Crippen LogP contribution in [0.2, 0.25) is 0 Å². The zero-order valence-corrected chi connectivity index (χ0v) is 14.3. The van der Waals surface area contributed by atoms with Gasteiger partial charge in [0.1, 0.15) is 0 Å². The van der Waals surface area contributed by atoms with Crippen molar-refractivity contribution in [2.45, 2.75) is 39.3 Å². The highest BCUT2D eigenvalue weighted by Gasteiger charge is 2.17. The normalized spacial score (nSPS) is 11.3. The lowest BCUT2D eigenvalue weighted by Crippen LogP contribution is -2.39. The van der Waals surface area contributed by atoms with Crippen molar-refractivity contribution in [3.63, 3.8) is 0 Å². The van der Waals surface area contributed by atoms with E-state index in [0.29, 0.717) is 19.5 Å². The Hall–Kier alpha value is -2.13. The first-order valence-corrected chi connectivity index (χ1v) is 8.10. The van der Waals surface area contributed by atoms with Gasteiger partial charge >= 0.3 is 0 Å². The fourth-order valence-corrected chi connectivity index (χ4v) is 2.38. The van der Waals surface area contributed by atoms with Crippen LogP contribution in [0.25, 0.3) is 0 Å². The summed E-state index contributed by atoms with van der Waals surface area (Å²) in [6.07, 6.45) is 0.485. The number of amides is 1. The highest BCUT2D eigenvalue weighted by molar-refractivity contribution is 5.93. The molecule has 1 amide bonds. The number of nitrogens with zero attached hydrogens (tertiary/aromatic N) is 1. The van der Waals surface area contributed by atoms with Gasteiger partial charge in [-0.15, -0.1) is 0 Å². The van der Waals surface area contributed by atoms with E-state index in [2.05, 4.69) is 38.2 Å². The summed E-state index contributed by atoms with van der Waals surface area (Å²) in [6.45, 7) is 7.60. The van der Waals surface area contributed by atoms with Gasteiger partial charge in [-0.1, -0.05) is 48.5 Å². The molecule has 0 aliphatic rings. The molecule has 23 heavy (non-hydrogen) atoms. The highest BCUT2D eigenvalue weighted by atomic mass is 16.2. The highest BCUT2D eigenvalue weighted by Crippen LogP contribution is 2.18. The third-order valence-corrected chi connectivity index (χ3v) is 3.55. The predicted molar refractivity (Wildman–Crippen MR) is 96.4 cm³/mol. The molecule has 0 atom stereocenters. The molecule has 0 saturated carbocycles. The molecule has 0 radical (unpaired) electrons. The van der Waals surface area contributed by atoms with Gasteiger partial charge < -0.3 is 10.2 Å². The maximum atomic E-state index is 12.7. The lowest BCUT2D eigenvalue weighted by molar-refractivity contribution is -0.118. The van der Waals surface area contributed by atoms with Crippen molar-refractivity contribution in [3.8, 4) is 0 Å². The van der Waals surface area contributed by atoms with Crippen LogP contribution in [0.3, 0.4) is 0 Å². The molecule has 3 nitrogen and oxygen atoms in total. The Balaban J connectivity index is 2.09. The second kappa shape index (κ2) is 7.93. The van der Waals surface area contributed by atoms with Gasteiger partial charge in [-0.3, -0.25) is 4.79 Å². The minimum atomic E-state index is 0.0251. The van der Waals surface area contributed by atoms with E-state index in [0.717, 1.165) is 11.3 Å². The second-order valence-corrected chi connectivity index (χ2v) is 6.73. The minimum absolute atomic E-state index is 0.0251. The summed E-state index contributed by atoms with van der Waals surface area (Å²) < 4.78 is 0. The molecule has 1 N–H and O–H groups in total. The Morgan fingerprint density at radius 1 is 0.957 bits per heavy atom. The Morgan fingerprint density at radius 2 is 1.52 bits per heavy atom. The summed E-state index contributed by atoms with van der Waals surface area (Å²) >= 11 is 0. The van der Waals surface area contributed by atoms with E-state index in [9.17, 15) is 4.79 Å². The molecule has 0 bridgehead atoms. The third-order valence-electron chi connectivity index (χ3n) is 3.55. The molecule has 0 aromatic heterocycles. The number of nitrogens with one attached hydrogen (secondary N) is 1. The fraction of sp³-hybridized carbons (Fsp3) is 0.350. The molecule has 0 saturated heterocycles. The van der Waals surface area contributed by atoms with Crippen LogP contribution in [0.15, 0.2) is 60.7 Å². The van der Waals surface area contributed by atoms with Crippen LogP contribution in [0, 0.1) is 0 Å². The average molecular weight is 310 g/mol. The van der Waals surface area contributed by atoms with Gasteiger partial charge in [0.2, 0.25) is 5.91 Å². The molecular weight excluding hydrogens is 284 g/mol. The lowest BCUT2D eigenvalue weighted by Gasteiger charge is -2.25. The molecule has 0 heterocycles. The second-order valence-electron chi connectivity index (χ2n) is 6.73. The van der Waals surface area contributed by atoms with Gasteiger partial charge in [0.05, 0.1) is 6.54 Å². The van der Waals surface area contributed by atoms with E-state index in [4.69, 9.17) is 0 Å². The van der Waals surface area contributed by atoms with Gasteiger partial charge in [0.15, 0.2) is 0 Å². The van der Waals surface area contributed by atoms with Gasteiger partial charge in [-0.25, -0.2) is 0 Å². The summed E-state index contributed by atoms with van der Waals surface area (Å²) in [5, 5.41) is 3.38. The molecule has 122 valence electrons. The standard InChI is InChI=1S/C20H26N2O/c1-20(2,3)21-15-14-19(23)22(18-12-8-5-9-13-18)16-17-10-6-4-7-11-17/h4-13,21H,14-16H2,1-3H3. The van der Waals surface area contributed by atoms with E-state index in [1.54, 1.807) is 0 Å². The van der Waals surface area contributed by atoms with Gasteiger partial charge in [0.25, 0.3) is 0 Å². The van der Waals surface area contributed by atoms with Crippen molar-refractivity contribution in [1.82, 2.24) is 5.32 Å². The molecule has 0 aliphatic carbocycles. The molecule has 0 spiro atoms. The molecule has 2 aromatic carbocycles. The summed E-state index contributed by atoms with van der Waals surface area (Å²) in [5.41, 5.74) is 2.10. The number of benzene rings is 2. The number of anilines is 1. The number of rotatable bonds is 6. The van der Waals surface area contributed by atoms with Gasteiger partial charge in [-0.2, -0.15) is 0 Å². The topological polar surface area (TPSA) is 32.3 Å². The monoisotopic (exact) mass is 310 g/mol. The zero-order chi connectivity index (χ0) is 16.7. The van der Waals surface area contributed by atoms with Crippen LogP contribution in [-0.4, -0.2) is 18.0 Å². The van der Waals surface area contributed by atoms with E-state index in [1.165, 1.54) is 0 Å². The van der Waals surface area contributed by atoms with E-state index >= 15 is 0 Å². The summed E-state index contributed by atoms with van der Waals surface area (Å²) in [5.74, 6) is 0.136. The van der Waals surface area contributed by atoms with Crippen molar-refractivity contribution < 1.29 is 4.79 Å². The first-order valence-electron chi connectivity index (χ1n) is 8.10. The van der Waals surface area contributed by atoms with Gasteiger partial charge in [0, 0.05) is 24.2 Å². The van der Waals surface area contributed by atoms with Gasteiger partial charge in [-0.05, 0) is 38.5 Å². The van der Waals surface area contributed by atoms with Crippen molar-refractivity contribution in [1.29, 1.82) is 0 Å². The quantitative estimate of drug-likeness (QED) is 0.874. The van der Waals surface area contributed by atoms with Crippen LogP contribution in [0.5, 0.6) is 0 Å². The largest absolute Gasteiger partial charge is 0.312 e. The minimum Gasteiger partial charge on any atom is -0.312 e. The van der Waals surface area contributed by atoms with E-state index < -0.39 is 0 Å². The van der Waals surface area contributed by atoms with E-state index in [1.807, 2.05) is 53.4 Å². The van der Waals surface area contributed by atoms with Crippen LogP contribution in [0.4, 0.5) is 5.69 Å². The Labute approximate surface area is 139 Å².